The largest absolute Gasteiger partial charge is 0.326 e. The highest BCUT2D eigenvalue weighted by molar-refractivity contribution is 7.99. The highest BCUT2D eigenvalue weighted by Crippen LogP contribution is 2.24. The molecule has 0 atom stereocenters. The third-order valence-corrected chi connectivity index (χ3v) is 5.18. The minimum atomic E-state index is -0.0530. The molecule has 0 saturated carbocycles. The van der Waals surface area contributed by atoms with E-state index in [0.717, 1.165) is 23.1 Å². The zero-order valence-electron chi connectivity index (χ0n) is 15.9. The Hall–Kier alpha value is -2.93. The lowest BCUT2D eigenvalue weighted by Crippen LogP contribution is -2.10. The van der Waals surface area contributed by atoms with Crippen molar-refractivity contribution in [1.29, 1.82) is 0 Å². The topological polar surface area (TPSA) is 76.9 Å². The van der Waals surface area contributed by atoms with Crippen LogP contribution in [0.15, 0.2) is 59.8 Å². The maximum atomic E-state index is 12.5. The van der Waals surface area contributed by atoms with E-state index in [-0.39, 0.29) is 17.4 Å². The van der Waals surface area contributed by atoms with Gasteiger partial charge in [-0.2, -0.15) is 0 Å². The highest BCUT2D eigenvalue weighted by Gasteiger charge is 2.15. The number of amides is 1. The predicted molar refractivity (Wildman–Crippen MR) is 112 cm³/mol. The molecule has 0 aliphatic rings. The smallest absolute Gasteiger partial charge is 0.224 e. The SMILES string of the molecule is CCC(=O)Nc1ccc(C(=O)CSc2nnc(-c3ccccc3)n2CC)cc1. The van der Waals surface area contributed by atoms with E-state index in [2.05, 4.69) is 15.5 Å². The van der Waals surface area contributed by atoms with Gasteiger partial charge in [0, 0.05) is 29.8 Å². The van der Waals surface area contributed by atoms with Gasteiger partial charge in [0.1, 0.15) is 0 Å². The molecule has 0 saturated heterocycles. The zero-order valence-corrected chi connectivity index (χ0v) is 16.7. The molecule has 0 spiro atoms. The molecule has 1 aromatic heterocycles. The second kappa shape index (κ2) is 9.32. The summed E-state index contributed by atoms with van der Waals surface area (Å²) in [4.78, 5) is 23.9. The summed E-state index contributed by atoms with van der Waals surface area (Å²) >= 11 is 1.38. The molecule has 0 bridgehead atoms. The van der Waals surface area contributed by atoms with Crippen LogP contribution in [0.3, 0.4) is 0 Å². The molecule has 6 nitrogen and oxygen atoms in total. The first-order valence-electron chi connectivity index (χ1n) is 9.17. The Morgan fingerprint density at radius 2 is 1.71 bits per heavy atom. The van der Waals surface area contributed by atoms with Gasteiger partial charge in [0.25, 0.3) is 0 Å². The quantitative estimate of drug-likeness (QED) is 0.456. The van der Waals surface area contributed by atoms with Gasteiger partial charge in [-0.05, 0) is 31.2 Å². The van der Waals surface area contributed by atoms with E-state index in [9.17, 15) is 9.59 Å². The van der Waals surface area contributed by atoms with Crippen LogP contribution in [0.2, 0.25) is 0 Å². The fourth-order valence-corrected chi connectivity index (χ4v) is 3.58. The van der Waals surface area contributed by atoms with E-state index >= 15 is 0 Å². The summed E-state index contributed by atoms with van der Waals surface area (Å²) in [5.74, 6) is 1.02. The fourth-order valence-electron chi connectivity index (χ4n) is 2.68. The lowest BCUT2D eigenvalue weighted by atomic mass is 10.1. The van der Waals surface area contributed by atoms with Crippen LogP contribution < -0.4 is 5.32 Å². The third-order valence-electron chi connectivity index (χ3n) is 4.21. The van der Waals surface area contributed by atoms with E-state index in [1.54, 1.807) is 31.2 Å². The number of benzene rings is 2. The Bertz CT molecular complexity index is 952. The lowest BCUT2D eigenvalue weighted by Gasteiger charge is -2.07. The maximum absolute atomic E-state index is 12.5. The molecule has 2 aromatic carbocycles. The van der Waals surface area contributed by atoms with Gasteiger partial charge in [0.2, 0.25) is 5.91 Å². The number of hydrogen-bond donors (Lipinski definition) is 1. The maximum Gasteiger partial charge on any atom is 0.224 e. The fraction of sp³-hybridized carbons (Fsp3) is 0.238. The number of nitrogens with one attached hydrogen (secondary N) is 1. The summed E-state index contributed by atoms with van der Waals surface area (Å²) < 4.78 is 2.01. The second-order valence-corrected chi connectivity index (χ2v) is 7.05. The number of carbonyl (C=O) groups excluding carboxylic acids is 2. The second-order valence-electron chi connectivity index (χ2n) is 6.11. The van der Waals surface area contributed by atoms with E-state index in [1.165, 1.54) is 11.8 Å². The number of hydrogen-bond acceptors (Lipinski definition) is 5. The molecule has 1 heterocycles. The highest BCUT2D eigenvalue weighted by atomic mass is 32.2. The van der Waals surface area contributed by atoms with Gasteiger partial charge in [-0.1, -0.05) is 49.0 Å². The van der Waals surface area contributed by atoms with Crippen molar-refractivity contribution in [1.82, 2.24) is 14.8 Å². The first-order valence-corrected chi connectivity index (χ1v) is 10.2. The van der Waals surface area contributed by atoms with Crippen molar-refractivity contribution >= 4 is 29.1 Å². The van der Waals surface area contributed by atoms with Gasteiger partial charge >= 0.3 is 0 Å². The van der Waals surface area contributed by atoms with Crippen molar-refractivity contribution < 1.29 is 9.59 Å². The molecule has 1 amide bonds. The Balaban J connectivity index is 1.66. The summed E-state index contributed by atoms with van der Waals surface area (Å²) in [5, 5.41) is 12.1. The number of aromatic nitrogens is 3. The molecular weight excluding hydrogens is 372 g/mol. The summed E-state index contributed by atoms with van der Waals surface area (Å²) in [6.07, 6.45) is 0.417. The predicted octanol–water partition coefficient (Wildman–Crippen LogP) is 4.29. The van der Waals surface area contributed by atoms with E-state index in [0.29, 0.717) is 17.7 Å². The molecule has 0 aliphatic heterocycles. The van der Waals surface area contributed by atoms with E-state index in [1.807, 2.05) is 41.8 Å². The Morgan fingerprint density at radius 1 is 1.00 bits per heavy atom. The number of thioether (sulfide) groups is 1. The van der Waals surface area contributed by atoms with Crippen LogP contribution in [0.1, 0.15) is 30.6 Å². The first-order chi connectivity index (χ1) is 13.6. The summed E-state index contributed by atoms with van der Waals surface area (Å²) in [5.41, 5.74) is 2.29. The minimum Gasteiger partial charge on any atom is -0.326 e. The Morgan fingerprint density at radius 3 is 2.36 bits per heavy atom. The Kier molecular flexibility index (Phi) is 6.60. The molecular formula is C21H22N4O2S. The molecule has 3 aromatic rings. The Labute approximate surface area is 168 Å². The summed E-state index contributed by atoms with van der Waals surface area (Å²) in [7, 11) is 0. The standard InChI is InChI=1S/C21H22N4O2S/c1-3-19(27)22-17-12-10-15(11-13-17)18(26)14-28-21-24-23-20(25(21)4-2)16-8-6-5-7-9-16/h5-13H,3-4,14H2,1-2H3,(H,22,27). The van der Waals surface area contributed by atoms with Gasteiger partial charge < -0.3 is 9.88 Å². The molecule has 0 aliphatic carbocycles. The molecule has 7 heteroatoms. The number of rotatable bonds is 8. The molecule has 1 N–H and O–H groups in total. The van der Waals surface area contributed by atoms with Crippen molar-refractivity contribution in [3.63, 3.8) is 0 Å². The lowest BCUT2D eigenvalue weighted by molar-refractivity contribution is -0.115. The molecule has 0 fully saturated rings. The molecule has 0 radical (unpaired) electrons. The van der Waals surface area contributed by atoms with Crippen LogP contribution in [0.4, 0.5) is 5.69 Å². The summed E-state index contributed by atoms with van der Waals surface area (Å²) in [6.45, 7) is 4.55. The van der Waals surface area contributed by atoms with Crippen molar-refractivity contribution in [2.75, 3.05) is 11.1 Å². The van der Waals surface area contributed by atoms with Crippen LogP contribution in [0, 0.1) is 0 Å². The number of nitrogens with zero attached hydrogens (tertiary/aromatic N) is 3. The van der Waals surface area contributed by atoms with Crippen molar-refractivity contribution in [3.05, 3.63) is 60.2 Å². The van der Waals surface area contributed by atoms with Gasteiger partial charge in [-0.25, -0.2) is 0 Å². The average Bonchev–Trinajstić information content (AvgIpc) is 3.16. The third kappa shape index (κ3) is 4.67. The van der Waals surface area contributed by atoms with Crippen molar-refractivity contribution in [2.24, 2.45) is 0 Å². The monoisotopic (exact) mass is 394 g/mol. The number of anilines is 1. The molecule has 3 rings (SSSR count). The normalized spacial score (nSPS) is 10.6. The van der Waals surface area contributed by atoms with Gasteiger partial charge in [-0.3, -0.25) is 9.59 Å². The van der Waals surface area contributed by atoms with Crippen molar-refractivity contribution in [2.45, 2.75) is 32.0 Å². The van der Waals surface area contributed by atoms with E-state index in [4.69, 9.17) is 0 Å². The van der Waals surface area contributed by atoms with Gasteiger partial charge in [-0.15, -0.1) is 10.2 Å². The van der Waals surface area contributed by atoms with Crippen LogP contribution in [-0.2, 0) is 11.3 Å². The minimum absolute atomic E-state index is 0.00489. The first kappa shape index (κ1) is 19.8. The molecule has 0 unspecified atom stereocenters. The molecule has 144 valence electrons. The number of ketones is 1. The van der Waals surface area contributed by atoms with Gasteiger partial charge in [0.15, 0.2) is 16.8 Å². The zero-order chi connectivity index (χ0) is 19.9. The molecule has 28 heavy (non-hydrogen) atoms. The van der Waals surface area contributed by atoms with Crippen LogP contribution in [0.5, 0.6) is 0 Å². The van der Waals surface area contributed by atoms with Crippen LogP contribution >= 0.6 is 11.8 Å². The summed E-state index contributed by atoms with van der Waals surface area (Å²) in [6, 6.07) is 16.8. The van der Waals surface area contributed by atoms with Crippen molar-refractivity contribution in [3.8, 4) is 11.4 Å². The number of Topliss-reactive ketones (excluding diaryl/α,β-unsaturated/α-hetero) is 1. The van der Waals surface area contributed by atoms with Crippen LogP contribution in [0.25, 0.3) is 11.4 Å². The number of carbonyl (C=O) groups is 2. The van der Waals surface area contributed by atoms with E-state index < -0.39 is 0 Å². The average molecular weight is 395 g/mol. The van der Waals surface area contributed by atoms with Crippen LogP contribution in [-0.4, -0.2) is 32.2 Å². The van der Waals surface area contributed by atoms with Gasteiger partial charge in [0.05, 0.1) is 5.75 Å².